The predicted octanol–water partition coefficient (Wildman–Crippen LogP) is 2.84. The minimum Gasteiger partial charge on any atom is -0.495 e. The van der Waals surface area contributed by atoms with Crippen LogP contribution in [0.25, 0.3) is 0 Å². The number of nitrogens with one attached hydrogen (secondary N) is 2. The highest BCUT2D eigenvalue weighted by atomic mass is 79.9. The summed E-state index contributed by atoms with van der Waals surface area (Å²) in [6.45, 7) is 5.96. The highest BCUT2D eigenvalue weighted by Gasteiger charge is 2.23. The number of halogens is 1. The number of piperazine rings is 1. The van der Waals surface area contributed by atoms with Gasteiger partial charge >= 0.3 is 0 Å². The van der Waals surface area contributed by atoms with Gasteiger partial charge in [0.15, 0.2) is 5.03 Å². The van der Waals surface area contributed by atoms with E-state index in [0.717, 1.165) is 18.8 Å². The number of hydrogen-bond donors (Lipinski definition) is 2. The maximum absolute atomic E-state index is 12.7. The summed E-state index contributed by atoms with van der Waals surface area (Å²) in [4.78, 5) is 6.21. The lowest BCUT2D eigenvalue weighted by Gasteiger charge is -2.38. The van der Waals surface area contributed by atoms with Crippen molar-refractivity contribution in [2.24, 2.45) is 0 Å². The summed E-state index contributed by atoms with van der Waals surface area (Å²) >= 11 is 3.26. The average Bonchev–Trinajstić information content (AvgIpc) is 2.61. The molecule has 1 saturated heterocycles. The van der Waals surface area contributed by atoms with Crippen molar-refractivity contribution in [1.29, 1.82) is 0 Å². The summed E-state index contributed by atoms with van der Waals surface area (Å²) in [5, 5.41) is 3.44. The Morgan fingerprint density at radius 2 is 1.93 bits per heavy atom. The number of methoxy groups -OCH3 is 1. The molecule has 0 aliphatic carbocycles. The molecule has 1 aliphatic heterocycles. The molecule has 1 aliphatic rings. The van der Waals surface area contributed by atoms with Gasteiger partial charge in [0.25, 0.3) is 10.0 Å². The standard InChI is InChI=1S/C18H23BrN4O3S/c1-12-10-23(11-13(2)21-12)15-5-6-17(26-3)16(8-15)22-27(24,25)18-7-4-14(19)9-20-18/h4-9,12-13,21-22H,10-11H2,1-3H3/t12-,13+. The molecule has 146 valence electrons. The second-order valence-electron chi connectivity index (χ2n) is 6.68. The van der Waals surface area contributed by atoms with Gasteiger partial charge in [0.05, 0.1) is 12.8 Å². The molecule has 1 aromatic heterocycles. The maximum Gasteiger partial charge on any atom is 0.279 e. The third-order valence-electron chi connectivity index (χ3n) is 4.33. The van der Waals surface area contributed by atoms with Crippen LogP contribution in [0.1, 0.15) is 13.8 Å². The maximum atomic E-state index is 12.7. The van der Waals surface area contributed by atoms with Gasteiger partial charge < -0.3 is 15.0 Å². The predicted molar refractivity (Wildman–Crippen MR) is 110 cm³/mol. The van der Waals surface area contributed by atoms with Crippen molar-refractivity contribution in [3.8, 4) is 5.75 Å². The van der Waals surface area contributed by atoms with Crippen LogP contribution in [0.2, 0.25) is 0 Å². The zero-order valence-electron chi connectivity index (χ0n) is 15.4. The van der Waals surface area contributed by atoms with E-state index < -0.39 is 10.0 Å². The van der Waals surface area contributed by atoms with Crippen molar-refractivity contribution in [2.45, 2.75) is 31.0 Å². The highest BCUT2D eigenvalue weighted by molar-refractivity contribution is 9.10. The number of anilines is 2. The molecule has 27 heavy (non-hydrogen) atoms. The van der Waals surface area contributed by atoms with Crippen molar-refractivity contribution >= 4 is 37.3 Å². The molecule has 0 unspecified atom stereocenters. The second kappa shape index (κ2) is 8.04. The summed E-state index contributed by atoms with van der Waals surface area (Å²) in [5.74, 6) is 0.454. The van der Waals surface area contributed by atoms with Crippen LogP contribution >= 0.6 is 15.9 Å². The molecule has 0 saturated carbocycles. The molecule has 2 heterocycles. The molecule has 1 aromatic carbocycles. The number of sulfonamides is 1. The van der Waals surface area contributed by atoms with Gasteiger partial charge in [-0.1, -0.05) is 0 Å². The van der Waals surface area contributed by atoms with Gasteiger partial charge in [-0.05, 0) is 60.1 Å². The van der Waals surface area contributed by atoms with E-state index in [1.165, 1.54) is 19.4 Å². The molecule has 2 N–H and O–H groups in total. The summed E-state index contributed by atoms with van der Waals surface area (Å²) in [6.07, 6.45) is 1.45. The van der Waals surface area contributed by atoms with Crippen LogP contribution in [-0.2, 0) is 10.0 Å². The van der Waals surface area contributed by atoms with E-state index in [-0.39, 0.29) is 5.03 Å². The first-order valence-electron chi connectivity index (χ1n) is 8.62. The van der Waals surface area contributed by atoms with Gasteiger partial charge in [0.1, 0.15) is 5.75 Å². The number of aromatic nitrogens is 1. The average molecular weight is 455 g/mol. The molecule has 0 bridgehead atoms. The Kier molecular flexibility index (Phi) is 5.92. The SMILES string of the molecule is COc1ccc(N2C[C@@H](C)N[C@@H](C)C2)cc1NS(=O)(=O)c1ccc(Br)cn1. The zero-order chi connectivity index (χ0) is 19.6. The Balaban J connectivity index is 1.91. The number of hydrogen-bond acceptors (Lipinski definition) is 6. The van der Waals surface area contributed by atoms with E-state index in [9.17, 15) is 8.42 Å². The van der Waals surface area contributed by atoms with Gasteiger partial charge in [0, 0.05) is 41.5 Å². The van der Waals surface area contributed by atoms with Gasteiger partial charge in [-0.3, -0.25) is 4.72 Å². The van der Waals surface area contributed by atoms with Crippen LogP contribution in [0, 0.1) is 0 Å². The third-order valence-corrected chi connectivity index (χ3v) is 6.08. The van der Waals surface area contributed by atoms with Crippen molar-refractivity contribution in [3.05, 3.63) is 41.0 Å². The topological polar surface area (TPSA) is 83.6 Å². The van der Waals surface area contributed by atoms with Gasteiger partial charge in [-0.2, -0.15) is 8.42 Å². The fraction of sp³-hybridized carbons (Fsp3) is 0.389. The van der Waals surface area contributed by atoms with E-state index in [0.29, 0.717) is 28.0 Å². The largest absolute Gasteiger partial charge is 0.495 e. The minimum absolute atomic E-state index is 0.0532. The van der Waals surface area contributed by atoms with E-state index in [1.807, 2.05) is 6.07 Å². The van der Waals surface area contributed by atoms with Crippen molar-refractivity contribution in [3.63, 3.8) is 0 Å². The van der Waals surface area contributed by atoms with Crippen LogP contribution in [0.3, 0.4) is 0 Å². The Morgan fingerprint density at radius 1 is 1.22 bits per heavy atom. The molecule has 3 rings (SSSR count). The highest BCUT2D eigenvalue weighted by Crippen LogP contribution is 2.32. The fourth-order valence-electron chi connectivity index (χ4n) is 3.23. The molecular weight excluding hydrogens is 432 g/mol. The Morgan fingerprint density at radius 3 is 2.52 bits per heavy atom. The van der Waals surface area contributed by atoms with Gasteiger partial charge in [-0.25, -0.2) is 4.98 Å². The lowest BCUT2D eigenvalue weighted by atomic mass is 10.1. The van der Waals surface area contributed by atoms with Crippen molar-refractivity contribution in [1.82, 2.24) is 10.3 Å². The summed E-state index contributed by atoms with van der Waals surface area (Å²) in [5.41, 5.74) is 1.33. The fourth-order valence-corrected chi connectivity index (χ4v) is 4.46. The molecule has 0 radical (unpaired) electrons. The van der Waals surface area contributed by atoms with Crippen LogP contribution in [0.15, 0.2) is 46.0 Å². The first-order chi connectivity index (χ1) is 12.8. The van der Waals surface area contributed by atoms with E-state index in [4.69, 9.17) is 4.74 Å². The molecule has 9 heteroatoms. The molecule has 2 aromatic rings. The number of rotatable bonds is 5. The van der Waals surface area contributed by atoms with E-state index in [1.54, 1.807) is 18.2 Å². The summed E-state index contributed by atoms with van der Waals surface area (Å²) < 4.78 is 34.1. The quantitative estimate of drug-likeness (QED) is 0.722. The van der Waals surface area contributed by atoms with E-state index in [2.05, 4.69) is 49.7 Å². The van der Waals surface area contributed by atoms with Crippen molar-refractivity contribution < 1.29 is 13.2 Å². The first-order valence-corrected chi connectivity index (χ1v) is 10.9. The third kappa shape index (κ3) is 4.72. The first kappa shape index (κ1) is 19.9. The molecular formula is C18H23BrN4O3S. The Hall–Kier alpha value is -1.84. The monoisotopic (exact) mass is 454 g/mol. The summed E-state index contributed by atoms with van der Waals surface area (Å²) in [7, 11) is -2.31. The minimum atomic E-state index is -3.82. The molecule has 0 spiro atoms. The van der Waals surface area contributed by atoms with Crippen LogP contribution in [0.5, 0.6) is 5.75 Å². The molecule has 7 nitrogen and oxygen atoms in total. The van der Waals surface area contributed by atoms with Crippen LogP contribution in [-0.4, -0.2) is 45.7 Å². The number of nitrogens with zero attached hydrogens (tertiary/aromatic N) is 2. The normalized spacial score (nSPS) is 20.4. The number of ether oxygens (including phenoxy) is 1. The second-order valence-corrected chi connectivity index (χ2v) is 9.22. The smallest absolute Gasteiger partial charge is 0.279 e. The molecule has 0 amide bonds. The Bertz CT molecular complexity index is 895. The van der Waals surface area contributed by atoms with Crippen LogP contribution < -0.4 is 19.7 Å². The van der Waals surface area contributed by atoms with Crippen LogP contribution in [0.4, 0.5) is 11.4 Å². The van der Waals surface area contributed by atoms with Crippen molar-refractivity contribution in [2.75, 3.05) is 29.8 Å². The lowest BCUT2D eigenvalue weighted by molar-refractivity contribution is 0.406. The molecule has 1 fully saturated rings. The number of benzene rings is 1. The molecule has 2 atom stereocenters. The van der Waals surface area contributed by atoms with Gasteiger partial charge in [0.2, 0.25) is 0 Å². The Labute approximate surface area is 168 Å². The summed E-state index contributed by atoms with van der Waals surface area (Å²) in [6, 6.07) is 9.31. The number of pyridine rings is 1. The zero-order valence-corrected chi connectivity index (χ0v) is 17.8. The van der Waals surface area contributed by atoms with E-state index >= 15 is 0 Å². The van der Waals surface area contributed by atoms with Gasteiger partial charge in [-0.15, -0.1) is 0 Å². The lowest BCUT2D eigenvalue weighted by Crippen LogP contribution is -2.54.